The van der Waals surface area contributed by atoms with E-state index >= 15 is 0 Å². The van der Waals surface area contributed by atoms with Crippen LogP contribution in [0.25, 0.3) is 0 Å². The van der Waals surface area contributed by atoms with E-state index in [1.165, 1.54) is 6.07 Å². The fourth-order valence-corrected chi connectivity index (χ4v) is 1.89. The van der Waals surface area contributed by atoms with Crippen LogP contribution in [0, 0.1) is 5.82 Å². The van der Waals surface area contributed by atoms with E-state index in [2.05, 4.69) is 0 Å². The highest BCUT2D eigenvalue weighted by Gasteiger charge is 2.13. The zero-order valence-electron chi connectivity index (χ0n) is 10.5. The first-order valence-corrected chi connectivity index (χ1v) is 6.16. The summed E-state index contributed by atoms with van der Waals surface area (Å²) in [4.78, 5) is 12.4. The van der Waals surface area contributed by atoms with E-state index < -0.39 is 11.8 Å². The SMILES string of the molecule is CC(c1ccc(F)c(Cl)c1)N(C)CCCC(=O)O. The Labute approximate surface area is 111 Å². The Kier molecular flexibility index (Phi) is 5.56. The normalized spacial score (nSPS) is 12.7. The van der Waals surface area contributed by atoms with E-state index in [1.807, 2.05) is 18.9 Å². The average Bonchev–Trinajstić information content (AvgIpc) is 2.31. The van der Waals surface area contributed by atoms with Crippen LogP contribution in [0.5, 0.6) is 0 Å². The molecule has 0 heterocycles. The highest BCUT2D eigenvalue weighted by atomic mass is 35.5. The minimum Gasteiger partial charge on any atom is -0.481 e. The molecular weight excluding hydrogens is 257 g/mol. The van der Waals surface area contributed by atoms with Crippen molar-refractivity contribution >= 4 is 17.6 Å². The lowest BCUT2D eigenvalue weighted by Gasteiger charge is -2.25. The van der Waals surface area contributed by atoms with E-state index in [4.69, 9.17) is 16.7 Å². The van der Waals surface area contributed by atoms with Crippen LogP contribution >= 0.6 is 11.6 Å². The third-order valence-corrected chi connectivity index (χ3v) is 3.28. The zero-order valence-corrected chi connectivity index (χ0v) is 11.2. The Bertz CT molecular complexity index is 425. The van der Waals surface area contributed by atoms with Crippen LogP contribution in [0.3, 0.4) is 0 Å². The molecule has 0 aliphatic carbocycles. The number of carbonyl (C=O) groups is 1. The molecule has 1 unspecified atom stereocenters. The van der Waals surface area contributed by atoms with Gasteiger partial charge in [0.2, 0.25) is 0 Å². The molecule has 1 N–H and O–H groups in total. The lowest BCUT2D eigenvalue weighted by molar-refractivity contribution is -0.137. The summed E-state index contributed by atoms with van der Waals surface area (Å²) in [6.45, 7) is 2.65. The molecule has 0 spiro atoms. The van der Waals surface area contributed by atoms with Crippen molar-refractivity contribution in [3.8, 4) is 0 Å². The molecule has 1 aromatic carbocycles. The standard InChI is InChI=1S/C13H17ClFNO2/c1-9(16(2)7-3-4-13(17)18)10-5-6-12(15)11(14)8-10/h5-6,8-9H,3-4,7H2,1-2H3,(H,17,18). The van der Waals surface area contributed by atoms with E-state index in [9.17, 15) is 9.18 Å². The second-order valence-corrected chi connectivity index (χ2v) is 4.73. The quantitative estimate of drug-likeness (QED) is 0.864. The van der Waals surface area contributed by atoms with Crippen LogP contribution in [0.2, 0.25) is 5.02 Å². The highest BCUT2D eigenvalue weighted by molar-refractivity contribution is 6.30. The van der Waals surface area contributed by atoms with Crippen molar-refractivity contribution in [2.45, 2.75) is 25.8 Å². The molecule has 5 heteroatoms. The van der Waals surface area contributed by atoms with Gasteiger partial charge in [-0.05, 0) is 44.6 Å². The number of hydrogen-bond acceptors (Lipinski definition) is 2. The minimum atomic E-state index is -0.791. The third-order valence-electron chi connectivity index (χ3n) is 2.99. The van der Waals surface area contributed by atoms with Crippen molar-refractivity contribution < 1.29 is 14.3 Å². The lowest BCUT2D eigenvalue weighted by atomic mass is 10.1. The van der Waals surface area contributed by atoms with Gasteiger partial charge in [-0.3, -0.25) is 9.69 Å². The summed E-state index contributed by atoms with van der Waals surface area (Å²) < 4.78 is 13.0. The molecule has 1 aromatic rings. The van der Waals surface area contributed by atoms with Gasteiger partial charge in [-0.15, -0.1) is 0 Å². The average molecular weight is 274 g/mol. The molecule has 0 aliphatic heterocycles. The van der Waals surface area contributed by atoms with Crippen molar-refractivity contribution in [1.29, 1.82) is 0 Å². The Morgan fingerprint density at radius 2 is 2.22 bits per heavy atom. The monoisotopic (exact) mass is 273 g/mol. The van der Waals surface area contributed by atoms with Gasteiger partial charge >= 0.3 is 5.97 Å². The van der Waals surface area contributed by atoms with Crippen molar-refractivity contribution in [3.05, 3.63) is 34.6 Å². The van der Waals surface area contributed by atoms with E-state index in [1.54, 1.807) is 12.1 Å². The minimum absolute atomic E-state index is 0.0666. The molecule has 0 radical (unpaired) electrons. The van der Waals surface area contributed by atoms with E-state index in [0.717, 1.165) is 5.56 Å². The summed E-state index contributed by atoms with van der Waals surface area (Å²) >= 11 is 5.74. The maximum atomic E-state index is 13.0. The molecule has 1 rings (SSSR count). The first-order chi connectivity index (χ1) is 8.41. The molecule has 3 nitrogen and oxygen atoms in total. The summed E-state index contributed by atoms with van der Waals surface area (Å²) in [6.07, 6.45) is 0.742. The molecule has 0 bridgehead atoms. The zero-order chi connectivity index (χ0) is 13.7. The summed E-state index contributed by atoms with van der Waals surface area (Å²) in [5.74, 6) is -1.22. The molecular formula is C13H17ClFNO2. The number of hydrogen-bond donors (Lipinski definition) is 1. The van der Waals surface area contributed by atoms with Crippen molar-refractivity contribution in [2.24, 2.45) is 0 Å². The first kappa shape index (κ1) is 14.9. The Morgan fingerprint density at radius 3 is 2.78 bits per heavy atom. The van der Waals surface area contributed by atoms with Gasteiger partial charge in [-0.1, -0.05) is 17.7 Å². The maximum absolute atomic E-state index is 13.0. The molecule has 0 saturated carbocycles. The van der Waals surface area contributed by atoms with E-state index in [0.29, 0.717) is 13.0 Å². The van der Waals surface area contributed by atoms with Crippen LogP contribution in [-0.2, 0) is 4.79 Å². The Balaban J connectivity index is 2.59. The maximum Gasteiger partial charge on any atom is 0.303 e. The molecule has 0 fully saturated rings. The van der Waals surface area contributed by atoms with Crippen molar-refractivity contribution in [2.75, 3.05) is 13.6 Å². The van der Waals surface area contributed by atoms with Gasteiger partial charge in [-0.2, -0.15) is 0 Å². The van der Waals surface area contributed by atoms with Gasteiger partial charge in [0.15, 0.2) is 0 Å². The van der Waals surface area contributed by atoms with Gasteiger partial charge in [-0.25, -0.2) is 4.39 Å². The smallest absolute Gasteiger partial charge is 0.303 e. The fraction of sp³-hybridized carbons (Fsp3) is 0.462. The van der Waals surface area contributed by atoms with Gasteiger partial charge in [0.1, 0.15) is 5.82 Å². The largest absolute Gasteiger partial charge is 0.481 e. The number of rotatable bonds is 6. The highest BCUT2D eigenvalue weighted by Crippen LogP contribution is 2.24. The predicted molar refractivity (Wildman–Crippen MR) is 69.3 cm³/mol. The van der Waals surface area contributed by atoms with Gasteiger partial charge < -0.3 is 5.11 Å². The predicted octanol–water partition coefficient (Wildman–Crippen LogP) is 3.34. The number of halogens is 2. The lowest BCUT2D eigenvalue weighted by Crippen LogP contribution is -2.24. The Morgan fingerprint density at radius 1 is 1.56 bits per heavy atom. The number of carboxylic acid groups (broad SMARTS) is 1. The molecule has 0 aromatic heterocycles. The molecule has 18 heavy (non-hydrogen) atoms. The molecule has 0 aliphatic rings. The molecule has 0 amide bonds. The van der Waals surface area contributed by atoms with Crippen molar-refractivity contribution in [3.63, 3.8) is 0 Å². The van der Waals surface area contributed by atoms with Gasteiger partial charge in [0, 0.05) is 12.5 Å². The second-order valence-electron chi connectivity index (χ2n) is 4.33. The fourth-order valence-electron chi connectivity index (χ4n) is 1.70. The third kappa shape index (κ3) is 4.27. The summed E-state index contributed by atoms with van der Waals surface area (Å²) in [5, 5.41) is 8.68. The van der Waals surface area contributed by atoms with Crippen molar-refractivity contribution in [1.82, 2.24) is 4.90 Å². The van der Waals surface area contributed by atoms with Crippen LogP contribution in [-0.4, -0.2) is 29.6 Å². The van der Waals surface area contributed by atoms with Crippen LogP contribution < -0.4 is 0 Å². The number of benzene rings is 1. The summed E-state index contributed by atoms with van der Waals surface area (Å²) in [5.41, 5.74) is 0.916. The number of carboxylic acids is 1. The van der Waals surface area contributed by atoms with Crippen LogP contribution in [0.1, 0.15) is 31.4 Å². The topological polar surface area (TPSA) is 40.5 Å². The molecule has 1 atom stereocenters. The number of aliphatic carboxylic acids is 1. The number of nitrogens with zero attached hydrogens (tertiary/aromatic N) is 1. The molecule has 100 valence electrons. The van der Waals surface area contributed by atoms with Crippen LogP contribution in [0.15, 0.2) is 18.2 Å². The Hall–Kier alpha value is -1.13. The molecule has 0 saturated heterocycles. The van der Waals surface area contributed by atoms with Gasteiger partial charge in [0.25, 0.3) is 0 Å². The van der Waals surface area contributed by atoms with Gasteiger partial charge in [0.05, 0.1) is 5.02 Å². The second kappa shape index (κ2) is 6.71. The van der Waals surface area contributed by atoms with E-state index in [-0.39, 0.29) is 17.5 Å². The summed E-state index contributed by atoms with van der Waals surface area (Å²) in [7, 11) is 1.91. The summed E-state index contributed by atoms with van der Waals surface area (Å²) in [6, 6.07) is 4.71. The first-order valence-electron chi connectivity index (χ1n) is 5.78. The van der Waals surface area contributed by atoms with Crippen LogP contribution in [0.4, 0.5) is 4.39 Å².